The third kappa shape index (κ3) is 35.5. The lowest BCUT2D eigenvalue weighted by atomic mass is 9.88. The highest BCUT2D eigenvalue weighted by molar-refractivity contribution is 5.77. The Labute approximate surface area is 581 Å². The van der Waals surface area contributed by atoms with Crippen LogP contribution in [0.15, 0.2) is 12.2 Å². The summed E-state index contributed by atoms with van der Waals surface area (Å²) in [7, 11) is 0. The fourth-order valence-corrected chi connectivity index (χ4v) is 13.6. The number of amides is 2. The zero-order valence-electron chi connectivity index (χ0n) is 60.0. The number of carbonyl (C=O) groups is 3. The van der Waals surface area contributed by atoms with E-state index in [0.717, 1.165) is 51.9 Å². The summed E-state index contributed by atoms with van der Waals surface area (Å²) < 4.78 is 34.9. The maximum atomic E-state index is 13.5. The number of carboxylic acids is 1. The zero-order chi connectivity index (χ0) is 71.1. The van der Waals surface area contributed by atoms with Gasteiger partial charge in [-0.25, -0.2) is 4.79 Å². The van der Waals surface area contributed by atoms with Gasteiger partial charge in [0.15, 0.2) is 12.6 Å². The molecule has 3 rings (SSSR count). The quantitative estimate of drug-likeness (QED) is 0.0199. The first-order chi connectivity index (χ1) is 46.9. The smallest absolute Gasteiger partial charge is 0.364 e. The number of aliphatic carboxylic acids is 1. The van der Waals surface area contributed by atoms with Crippen molar-refractivity contribution in [2.45, 2.75) is 413 Å². The highest BCUT2D eigenvalue weighted by Gasteiger charge is 2.60. The predicted octanol–water partition coefficient (Wildman–Crippen LogP) is 9.02. The van der Waals surface area contributed by atoms with Crippen molar-refractivity contribution in [3.63, 3.8) is 0 Å². The summed E-state index contributed by atoms with van der Waals surface area (Å²) in [5.74, 6) is -6.13. The number of carboxylic acid groups (broad SMARTS) is 1. The lowest BCUT2D eigenvalue weighted by Gasteiger charge is -2.50. The first kappa shape index (κ1) is 88.7. The molecular formula is C74H138N2O21. The summed E-state index contributed by atoms with van der Waals surface area (Å²) >= 11 is 0. The summed E-state index contributed by atoms with van der Waals surface area (Å²) in [4.78, 5) is 38.6. The van der Waals surface area contributed by atoms with Crippen molar-refractivity contribution in [2.75, 3.05) is 26.4 Å². The van der Waals surface area contributed by atoms with Gasteiger partial charge in [0.1, 0.15) is 67.1 Å². The van der Waals surface area contributed by atoms with Gasteiger partial charge >= 0.3 is 5.97 Å². The Morgan fingerprint density at radius 1 is 0.536 bits per heavy atom. The number of rotatable bonds is 60. The molecule has 2 amide bonds. The van der Waals surface area contributed by atoms with Crippen LogP contribution in [0.2, 0.25) is 0 Å². The number of aliphatic hydroxyl groups excluding tert-OH is 11. The van der Waals surface area contributed by atoms with Crippen molar-refractivity contribution in [2.24, 2.45) is 0 Å². The minimum atomic E-state index is -3.08. The van der Waals surface area contributed by atoms with Gasteiger partial charge in [0, 0.05) is 19.8 Å². The minimum Gasteiger partial charge on any atom is -0.477 e. The molecule has 18 atom stereocenters. The molecule has 3 aliphatic heterocycles. The molecule has 18 unspecified atom stereocenters. The normalized spacial score (nSPS) is 27.4. The van der Waals surface area contributed by atoms with Gasteiger partial charge in [-0.15, -0.1) is 0 Å². The molecule has 0 saturated carbocycles. The third-order valence-corrected chi connectivity index (χ3v) is 19.7. The number of ether oxygens (including phenoxy) is 6. The standard InChI is InChI=1S/C74H138N2O21/c1-4-6-8-10-12-14-16-18-20-22-24-25-26-27-28-29-30-31-33-35-37-39-41-43-45-47-56(81)55(76-61(84)48-46-44-42-40-38-36-34-32-23-21-19-17-15-13-11-9-7-5-2)53-92-71-66(88)65(87)68(60(52-79)94-71)95-72-67(89)70(64(86)59(51-78)93-72)97-74(73(90)91)49-57(82)62(75-54(3)80)69(96-74)63(85)58(83)50-77/h45,47,55-60,62-72,77-79,81-83,85-89H,4-44,46,48-53H2,1-3H3,(H,75,80)(H,76,84)(H,90,91)/b47-45+. The molecule has 0 radical (unpaired) electrons. The molecule has 0 aromatic heterocycles. The topological polar surface area (TPSA) is 373 Å². The van der Waals surface area contributed by atoms with Gasteiger partial charge in [0.25, 0.3) is 5.79 Å². The average Bonchev–Trinajstić information content (AvgIpc) is 0.758. The van der Waals surface area contributed by atoms with Gasteiger partial charge < -0.3 is 100 Å². The Morgan fingerprint density at radius 2 is 0.959 bits per heavy atom. The minimum absolute atomic E-state index is 0.205. The Bertz CT molecular complexity index is 2000. The molecule has 14 N–H and O–H groups in total. The van der Waals surface area contributed by atoms with Crippen LogP contribution in [0.3, 0.4) is 0 Å². The van der Waals surface area contributed by atoms with E-state index in [9.17, 15) is 75.7 Å². The van der Waals surface area contributed by atoms with E-state index in [4.69, 9.17) is 28.4 Å². The van der Waals surface area contributed by atoms with E-state index < -0.39 is 155 Å². The second-order valence-electron chi connectivity index (χ2n) is 28.2. The van der Waals surface area contributed by atoms with Crippen molar-refractivity contribution in [1.82, 2.24) is 10.6 Å². The van der Waals surface area contributed by atoms with Crippen molar-refractivity contribution < 1.29 is 104 Å². The van der Waals surface area contributed by atoms with Crippen LogP contribution in [0.25, 0.3) is 0 Å². The number of allylic oxidation sites excluding steroid dienone is 1. The van der Waals surface area contributed by atoms with Crippen LogP contribution >= 0.6 is 0 Å². The number of hydrogen-bond donors (Lipinski definition) is 14. The van der Waals surface area contributed by atoms with Crippen molar-refractivity contribution >= 4 is 17.8 Å². The number of unbranched alkanes of at least 4 members (excludes halogenated alkanes) is 40. The average molecular weight is 1390 g/mol. The molecule has 570 valence electrons. The molecule has 3 fully saturated rings. The molecule has 0 aromatic rings. The molecule has 3 saturated heterocycles. The van der Waals surface area contributed by atoms with Gasteiger partial charge in [-0.2, -0.15) is 0 Å². The molecule has 97 heavy (non-hydrogen) atoms. The van der Waals surface area contributed by atoms with Crippen LogP contribution in [-0.2, 0) is 42.8 Å². The van der Waals surface area contributed by atoms with Crippen LogP contribution in [-0.4, -0.2) is 215 Å². The molecule has 0 aromatic carbocycles. The Morgan fingerprint density at radius 3 is 1.37 bits per heavy atom. The lowest BCUT2D eigenvalue weighted by molar-refractivity contribution is -0.386. The Hall–Kier alpha value is -2.53. The van der Waals surface area contributed by atoms with Crippen molar-refractivity contribution in [3.05, 3.63) is 12.2 Å². The number of hydrogen-bond acceptors (Lipinski definition) is 20. The van der Waals surface area contributed by atoms with E-state index in [2.05, 4.69) is 24.5 Å². The molecule has 0 spiro atoms. The Kier molecular flexibility index (Phi) is 49.5. The van der Waals surface area contributed by atoms with E-state index in [0.29, 0.717) is 12.8 Å². The predicted molar refractivity (Wildman–Crippen MR) is 371 cm³/mol. The van der Waals surface area contributed by atoms with E-state index in [1.54, 1.807) is 6.08 Å². The van der Waals surface area contributed by atoms with E-state index >= 15 is 0 Å². The van der Waals surface area contributed by atoms with E-state index in [-0.39, 0.29) is 12.3 Å². The van der Waals surface area contributed by atoms with Crippen LogP contribution in [0.4, 0.5) is 0 Å². The van der Waals surface area contributed by atoms with Gasteiger partial charge in [0.2, 0.25) is 11.8 Å². The summed E-state index contributed by atoms with van der Waals surface area (Å²) in [5.41, 5.74) is 0. The summed E-state index contributed by atoms with van der Waals surface area (Å²) in [6, 6.07) is -2.61. The largest absolute Gasteiger partial charge is 0.477 e. The van der Waals surface area contributed by atoms with Crippen LogP contribution in [0, 0.1) is 0 Å². The highest BCUT2D eigenvalue weighted by atomic mass is 16.8. The first-order valence-electron chi connectivity index (χ1n) is 38.6. The molecule has 23 nitrogen and oxygen atoms in total. The molecule has 3 heterocycles. The van der Waals surface area contributed by atoms with Crippen LogP contribution in [0.5, 0.6) is 0 Å². The third-order valence-electron chi connectivity index (χ3n) is 19.7. The van der Waals surface area contributed by atoms with Gasteiger partial charge in [-0.3, -0.25) is 9.59 Å². The van der Waals surface area contributed by atoms with Crippen molar-refractivity contribution in [3.8, 4) is 0 Å². The van der Waals surface area contributed by atoms with Gasteiger partial charge in [-0.05, 0) is 19.3 Å². The van der Waals surface area contributed by atoms with Crippen molar-refractivity contribution in [1.29, 1.82) is 0 Å². The highest BCUT2D eigenvalue weighted by Crippen LogP contribution is 2.39. The fourth-order valence-electron chi connectivity index (χ4n) is 13.6. The number of carbonyl (C=O) groups excluding carboxylic acids is 2. The van der Waals surface area contributed by atoms with Crippen LogP contribution < -0.4 is 10.6 Å². The lowest BCUT2D eigenvalue weighted by Crippen LogP contribution is -2.70. The molecule has 23 heteroatoms. The molecule has 0 aliphatic carbocycles. The number of nitrogens with one attached hydrogen (secondary N) is 2. The van der Waals surface area contributed by atoms with E-state index in [1.807, 2.05) is 6.08 Å². The maximum absolute atomic E-state index is 13.5. The summed E-state index contributed by atoms with van der Waals surface area (Å²) in [6.45, 7) is 2.18. The van der Waals surface area contributed by atoms with Crippen LogP contribution in [0.1, 0.15) is 303 Å². The summed E-state index contributed by atoms with van der Waals surface area (Å²) in [5, 5.41) is 136. The van der Waals surface area contributed by atoms with Gasteiger partial charge in [-0.1, -0.05) is 276 Å². The Balaban J connectivity index is 1.55. The van der Waals surface area contributed by atoms with Gasteiger partial charge in [0.05, 0.1) is 50.7 Å². The van der Waals surface area contributed by atoms with E-state index in [1.165, 1.54) is 212 Å². The number of aliphatic hydroxyl groups is 11. The second-order valence-corrected chi connectivity index (χ2v) is 28.2. The molecule has 3 aliphatic rings. The maximum Gasteiger partial charge on any atom is 0.364 e. The zero-order valence-corrected chi connectivity index (χ0v) is 60.0. The molecular weight excluding hydrogens is 1250 g/mol. The summed E-state index contributed by atoms with van der Waals surface area (Å²) in [6.07, 6.45) is 26.7. The SMILES string of the molecule is CCCCCCCCCCCCCCCCCCCCCCCCC/C=C/C(O)C(COC1OC(CO)C(OC2OC(CO)C(O)C(OC3(C(=O)O)CC(O)C(NC(C)=O)C(C(O)C(O)CO)O3)C2O)C(O)C1O)NC(=O)CCCCCCCCCCCCCCCCCCCC. The second kappa shape index (κ2) is 54.2. The fraction of sp³-hybridized carbons (Fsp3) is 0.932. The molecule has 0 bridgehead atoms. The monoisotopic (exact) mass is 1390 g/mol. The first-order valence-corrected chi connectivity index (χ1v) is 38.6.